The Morgan fingerprint density at radius 3 is 2.43 bits per heavy atom. The average molecular weight is 424 g/mol. The second-order valence-corrected chi connectivity index (χ2v) is 7.74. The van der Waals surface area contributed by atoms with Crippen molar-refractivity contribution in [2.75, 3.05) is 38.1 Å². The lowest BCUT2D eigenvalue weighted by Crippen LogP contribution is -3.19. The van der Waals surface area contributed by atoms with Crippen LogP contribution < -0.4 is 9.80 Å². The summed E-state index contributed by atoms with van der Waals surface area (Å²) in [4.78, 5) is 17.4. The monoisotopic (exact) mass is 424 g/mol. The Labute approximate surface area is 173 Å². The number of nitrogens with one attached hydrogen (secondary N) is 1. The molecule has 0 aromatic heterocycles. The third-order valence-electron chi connectivity index (χ3n) is 5.61. The first-order valence-corrected chi connectivity index (χ1v) is 9.91. The van der Waals surface area contributed by atoms with E-state index >= 15 is 0 Å². The SMILES string of the molecule is C[C@H](C(=O)N(C)Cc1cccc(F)c1)[NH+]1CCN(c2cccc(C(F)(F)F)c2)CC1. The number of anilines is 1. The highest BCUT2D eigenvalue weighted by atomic mass is 19.4. The standard InChI is InChI=1S/C22H25F4N3O/c1-16(21(30)27(2)15-17-5-3-7-19(23)13-17)28-9-11-29(12-10-28)20-8-4-6-18(14-20)22(24,25)26/h3-8,13-14,16H,9-12,15H2,1-2H3/p+1/t16-/m1/s1. The lowest BCUT2D eigenvalue weighted by atomic mass is 10.1. The fourth-order valence-corrected chi connectivity index (χ4v) is 3.86. The Morgan fingerprint density at radius 1 is 1.13 bits per heavy atom. The van der Waals surface area contributed by atoms with Gasteiger partial charge in [-0.25, -0.2) is 4.39 Å². The number of carbonyl (C=O) groups is 1. The van der Waals surface area contributed by atoms with Gasteiger partial charge in [0.15, 0.2) is 6.04 Å². The van der Waals surface area contributed by atoms with Crippen molar-refractivity contribution in [1.82, 2.24) is 4.90 Å². The summed E-state index contributed by atoms with van der Waals surface area (Å²) in [5.74, 6) is -0.375. The van der Waals surface area contributed by atoms with Crippen LogP contribution in [0.25, 0.3) is 0 Å². The molecule has 4 nitrogen and oxygen atoms in total. The first kappa shape index (κ1) is 22.1. The highest BCUT2D eigenvalue weighted by Crippen LogP contribution is 2.31. The normalized spacial score (nSPS) is 16.4. The van der Waals surface area contributed by atoms with Gasteiger partial charge in [0.05, 0.1) is 31.7 Å². The maximum atomic E-state index is 13.4. The van der Waals surface area contributed by atoms with Gasteiger partial charge < -0.3 is 14.7 Å². The number of rotatable bonds is 5. The zero-order chi connectivity index (χ0) is 21.9. The van der Waals surface area contributed by atoms with Gasteiger partial charge in [0.1, 0.15) is 5.82 Å². The van der Waals surface area contributed by atoms with Crippen LogP contribution in [0, 0.1) is 5.82 Å². The minimum absolute atomic E-state index is 0.0400. The number of nitrogens with zero attached hydrogens (tertiary/aromatic N) is 2. The van der Waals surface area contributed by atoms with Crippen molar-refractivity contribution in [2.24, 2.45) is 0 Å². The highest BCUT2D eigenvalue weighted by Gasteiger charge is 2.33. The van der Waals surface area contributed by atoms with Crippen molar-refractivity contribution in [3.8, 4) is 0 Å². The van der Waals surface area contributed by atoms with Crippen LogP contribution in [0.3, 0.4) is 0 Å². The molecule has 1 fully saturated rings. The molecule has 1 heterocycles. The van der Waals surface area contributed by atoms with Crippen molar-refractivity contribution in [3.05, 3.63) is 65.5 Å². The summed E-state index contributed by atoms with van der Waals surface area (Å²) in [6.45, 7) is 4.63. The van der Waals surface area contributed by atoms with Crippen LogP contribution in [-0.2, 0) is 17.5 Å². The Bertz CT molecular complexity index is 879. The topological polar surface area (TPSA) is 28.0 Å². The summed E-state index contributed by atoms with van der Waals surface area (Å²) in [6, 6.07) is 11.2. The molecule has 2 aromatic carbocycles. The number of quaternary nitrogens is 1. The van der Waals surface area contributed by atoms with Gasteiger partial charge in [-0.05, 0) is 42.8 Å². The maximum absolute atomic E-state index is 13.4. The molecule has 8 heteroatoms. The molecule has 0 saturated carbocycles. The molecule has 0 spiro atoms. The summed E-state index contributed by atoms with van der Waals surface area (Å²) in [7, 11) is 1.70. The molecule has 3 rings (SSSR count). The number of likely N-dealkylation sites (N-methyl/N-ethyl adjacent to an activating group) is 1. The first-order chi connectivity index (χ1) is 14.1. The van der Waals surface area contributed by atoms with Crippen LogP contribution in [0.5, 0.6) is 0 Å². The predicted molar refractivity (Wildman–Crippen MR) is 107 cm³/mol. The van der Waals surface area contributed by atoms with E-state index in [1.807, 2.05) is 11.8 Å². The molecular formula is C22H26F4N3O+. The van der Waals surface area contributed by atoms with E-state index in [9.17, 15) is 22.4 Å². The third-order valence-corrected chi connectivity index (χ3v) is 5.61. The second-order valence-electron chi connectivity index (χ2n) is 7.74. The predicted octanol–water partition coefficient (Wildman–Crippen LogP) is 2.60. The molecule has 1 amide bonds. The number of hydrogen-bond donors (Lipinski definition) is 1. The van der Waals surface area contributed by atoms with E-state index in [0.29, 0.717) is 38.4 Å². The van der Waals surface area contributed by atoms with Crippen molar-refractivity contribution in [3.63, 3.8) is 0 Å². The van der Waals surface area contributed by atoms with Crippen LogP contribution in [0.2, 0.25) is 0 Å². The minimum Gasteiger partial charge on any atom is -0.360 e. The number of alkyl halides is 3. The van der Waals surface area contributed by atoms with Crippen molar-refractivity contribution < 1.29 is 27.3 Å². The van der Waals surface area contributed by atoms with Gasteiger partial charge in [-0.2, -0.15) is 13.2 Å². The minimum atomic E-state index is -4.36. The summed E-state index contributed by atoms with van der Waals surface area (Å²) in [6.07, 6.45) is -4.36. The smallest absolute Gasteiger partial charge is 0.360 e. The molecule has 162 valence electrons. The van der Waals surface area contributed by atoms with E-state index in [2.05, 4.69) is 0 Å². The molecule has 30 heavy (non-hydrogen) atoms. The van der Waals surface area contributed by atoms with E-state index in [4.69, 9.17) is 0 Å². The summed E-state index contributed by atoms with van der Waals surface area (Å²) in [5, 5.41) is 0. The van der Waals surface area contributed by atoms with Gasteiger partial charge >= 0.3 is 6.18 Å². The number of halogens is 4. The Morgan fingerprint density at radius 2 is 1.80 bits per heavy atom. The Balaban J connectivity index is 1.57. The largest absolute Gasteiger partial charge is 0.416 e. The van der Waals surface area contributed by atoms with E-state index < -0.39 is 11.7 Å². The van der Waals surface area contributed by atoms with Crippen molar-refractivity contribution in [1.29, 1.82) is 0 Å². The number of benzene rings is 2. The number of carbonyl (C=O) groups excluding carboxylic acids is 1. The summed E-state index contributed by atoms with van der Waals surface area (Å²) in [5.41, 5.74) is 0.616. The quantitative estimate of drug-likeness (QED) is 0.748. The number of hydrogen-bond acceptors (Lipinski definition) is 2. The number of amides is 1. The van der Waals surface area contributed by atoms with Gasteiger partial charge in [-0.1, -0.05) is 18.2 Å². The highest BCUT2D eigenvalue weighted by molar-refractivity contribution is 5.79. The molecule has 0 bridgehead atoms. The zero-order valence-corrected chi connectivity index (χ0v) is 17.0. The van der Waals surface area contributed by atoms with Crippen LogP contribution in [-0.4, -0.2) is 50.1 Å². The van der Waals surface area contributed by atoms with Crippen LogP contribution >= 0.6 is 0 Å². The van der Waals surface area contributed by atoms with E-state index in [1.54, 1.807) is 30.1 Å². The molecule has 1 N–H and O–H groups in total. The molecule has 2 aromatic rings. The zero-order valence-electron chi connectivity index (χ0n) is 17.0. The van der Waals surface area contributed by atoms with Crippen LogP contribution in [0.15, 0.2) is 48.5 Å². The number of piperazine rings is 1. The lowest BCUT2D eigenvalue weighted by molar-refractivity contribution is -0.915. The van der Waals surface area contributed by atoms with Gasteiger partial charge in [0, 0.05) is 19.3 Å². The molecule has 1 aliphatic rings. The fourth-order valence-electron chi connectivity index (χ4n) is 3.86. The van der Waals surface area contributed by atoms with E-state index in [0.717, 1.165) is 16.5 Å². The Hall–Kier alpha value is -2.61. The molecule has 0 radical (unpaired) electrons. The summed E-state index contributed by atoms with van der Waals surface area (Å²) < 4.78 is 52.2. The van der Waals surface area contributed by atoms with Gasteiger partial charge in [-0.15, -0.1) is 0 Å². The van der Waals surface area contributed by atoms with Crippen molar-refractivity contribution in [2.45, 2.75) is 25.7 Å². The lowest BCUT2D eigenvalue weighted by Gasteiger charge is -2.37. The van der Waals surface area contributed by atoms with Crippen molar-refractivity contribution >= 4 is 11.6 Å². The van der Waals surface area contributed by atoms with Crippen LogP contribution in [0.1, 0.15) is 18.1 Å². The third kappa shape index (κ3) is 5.30. The van der Waals surface area contributed by atoms with Gasteiger partial charge in [-0.3, -0.25) is 4.79 Å². The first-order valence-electron chi connectivity index (χ1n) is 9.91. The summed E-state index contributed by atoms with van der Waals surface area (Å²) >= 11 is 0. The van der Waals surface area contributed by atoms with Crippen LogP contribution in [0.4, 0.5) is 23.2 Å². The van der Waals surface area contributed by atoms with E-state index in [1.165, 1.54) is 24.3 Å². The Kier molecular flexibility index (Phi) is 6.65. The van der Waals surface area contributed by atoms with Gasteiger partial charge in [0.25, 0.3) is 5.91 Å². The average Bonchev–Trinajstić information content (AvgIpc) is 2.72. The molecule has 0 unspecified atom stereocenters. The molecular weight excluding hydrogens is 398 g/mol. The molecule has 1 saturated heterocycles. The maximum Gasteiger partial charge on any atom is 0.416 e. The molecule has 1 aliphatic heterocycles. The second kappa shape index (κ2) is 9.04. The van der Waals surface area contributed by atoms with Gasteiger partial charge in [0.2, 0.25) is 0 Å². The fraction of sp³-hybridized carbons (Fsp3) is 0.409. The molecule has 0 aliphatic carbocycles. The van der Waals surface area contributed by atoms with E-state index in [-0.39, 0.29) is 17.8 Å². The molecule has 1 atom stereocenters.